The first-order valence-electron chi connectivity index (χ1n) is 6.91. The summed E-state index contributed by atoms with van der Waals surface area (Å²) in [6.45, 7) is 1.37. The highest BCUT2D eigenvalue weighted by Crippen LogP contribution is 2.29. The van der Waals surface area contributed by atoms with Crippen molar-refractivity contribution in [2.45, 2.75) is 6.92 Å². The Labute approximate surface area is 128 Å². The van der Waals surface area contributed by atoms with Crippen LogP contribution in [0.15, 0.2) is 59.7 Å². The zero-order chi connectivity index (χ0) is 15.7. The van der Waals surface area contributed by atoms with Gasteiger partial charge in [-0.2, -0.15) is 5.10 Å². The molecule has 2 aromatic rings. The summed E-state index contributed by atoms with van der Waals surface area (Å²) in [4.78, 5) is 25.4. The van der Waals surface area contributed by atoms with E-state index < -0.39 is 5.91 Å². The number of anilines is 2. The largest absolute Gasteiger partial charge is 0.286 e. The van der Waals surface area contributed by atoms with Crippen molar-refractivity contribution in [3.63, 3.8) is 0 Å². The minimum atomic E-state index is -0.392. The second kappa shape index (κ2) is 5.44. The SMILES string of the molecule is CC(=O)N1C(=O)/C(=N\N(C)c2ccccc2)c2ccccc21. The van der Waals surface area contributed by atoms with Gasteiger partial charge in [0.2, 0.25) is 5.91 Å². The van der Waals surface area contributed by atoms with E-state index in [2.05, 4.69) is 5.10 Å². The van der Waals surface area contributed by atoms with Crippen LogP contribution in [0.25, 0.3) is 0 Å². The van der Waals surface area contributed by atoms with Gasteiger partial charge in [-0.3, -0.25) is 14.6 Å². The lowest BCUT2D eigenvalue weighted by atomic mass is 10.1. The zero-order valence-electron chi connectivity index (χ0n) is 12.4. The number of hydrazone groups is 1. The smallest absolute Gasteiger partial charge is 0.274 e. The molecule has 0 aromatic heterocycles. The normalized spacial score (nSPS) is 15.1. The number of benzene rings is 2. The molecule has 3 rings (SSSR count). The minimum absolute atomic E-state index is 0.275. The lowest BCUT2D eigenvalue weighted by Gasteiger charge is -2.14. The van der Waals surface area contributed by atoms with Crippen LogP contribution >= 0.6 is 0 Å². The molecule has 1 aliphatic heterocycles. The minimum Gasteiger partial charge on any atom is -0.274 e. The number of nitrogens with zero attached hydrogens (tertiary/aromatic N) is 3. The fourth-order valence-corrected chi connectivity index (χ4v) is 2.46. The summed E-state index contributed by atoms with van der Waals surface area (Å²) in [7, 11) is 1.77. The lowest BCUT2D eigenvalue weighted by molar-refractivity contribution is -0.121. The topological polar surface area (TPSA) is 53.0 Å². The molecule has 22 heavy (non-hydrogen) atoms. The molecule has 0 saturated carbocycles. The molecule has 1 aliphatic rings. The van der Waals surface area contributed by atoms with E-state index in [1.807, 2.05) is 36.4 Å². The van der Waals surface area contributed by atoms with Crippen LogP contribution in [0.1, 0.15) is 12.5 Å². The summed E-state index contributed by atoms with van der Waals surface area (Å²) in [5.41, 5.74) is 2.39. The van der Waals surface area contributed by atoms with E-state index in [-0.39, 0.29) is 11.6 Å². The average Bonchev–Trinajstić information content (AvgIpc) is 2.81. The third-order valence-electron chi connectivity index (χ3n) is 3.50. The maximum absolute atomic E-state index is 12.5. The predicted molar refractivity (Wildman–Crippen MR) is 86.0 cm³/mol. The van der Waals surface area contributed by atoms with Crippen molar-refractivity contribution >= 4 is 28.9 Å². The molecule has 0 aliphatic carbocycles. The first kappa shape index (κ1) is 14.0. The Morgan fingerprint density at radius 1 is 1.05 bits per heavy atom. The first-order chi connectivity index (χ1) is 10.6. The van der Waals surface area contributed by atoms with E-state index in [0.717, 1.165) is 10.6 Å². The highest BCUT2D eigenvalue weighted by atomic mass is 16.2. The molecule has 110 valence electrons. The highest BCUT2D eigenvalue weighted by Gasteiger charge is 2.36. The van der Waals surface area contributed by atoms with Crippen LogP contribution in [0.4, 0.5) is 11.4 Å². The Bertz CT molecular complexity index is 768. The molecule has 5 nitrogen and oxygen atoms in total. The van der Waals surface area contributed by atoms with Crippen LogP contribution in [0.3, 0.4) is 0 Å². The Morgan fingerprint density at radius 2 is 1.68 bits per heavy atom. The summed E-state index contributed by atoms with van der Waals surface area (Å²) in [5.74, 6) is -0.707. The van der Waals surface area contributed by atoms with Crippen LogP contribution in [-0.4, -0.2) is 24.6 Å². The number of imide groups is 1. The van der Waals surface area contributed by atoms with Crippen LogP contribution in [0.2, 0.25) is 0 Å². The third kappa shape index (κ3) is 2.26. The number of carbonyl (C=O) groups is 2. The Morgan fingerprint density at radius 3 is 2.36 bits per heavy atom. The monoisotopic (exact) mass is 293 g/mol. The molecular weight excluding hydrogens is 278 g/mol. The Hall–Kier alpha value is -2.95. The molecule has 0 saturated heterocycles. The molecule has 0 atom stereocenters. The number of rotatable bonds is 2. The summed E-state index contributed by atoms with van der Waals surface area (Å²) in [6.07, 6.45) is 0. The van der Waals surface area contributed by atoms with Gasteiger partial charge < -0.3 is 0 Å². The molecular formula is C17H15N3O2. The maximum atomic E-state index is 12.5. The van der Waals surface area contributed by atoms with E-state index >= 15 is 0 Å². The van der Waals surface area contributed by atoms with E-state index in [0.29, 0.717) is 11.3 Å². The van der Waals surface area contributed by atoms with E-state index in [4.69, 9.17) is 0 Å². The van der Waals surface area contributed by atoms with Gasteiger partial charge in [-0.05, 0) is 18.2 Å². The van der Waals surface area contributed by atoms with Gasteiger partial charge in [-0.15, -0.1) is 0 Å². The Kier molecular flexibility index (Phi) is 3.47. The summed E-state index contributed by atoms with van der Waals surface area (Å²) < 4.78 is 0. The number of hydrogen-bond donors (Lipinski definition) is 0. The van der Waals surface area contributed by atoms with E-state index in [9.17, 15) is 9.59 Å². The van der Waals surface area contributed by atoms with Gasteiger partial charge in [0.05, 0.1) is 11.4 Å². The van der Waals surface area contributed by atoms with Crippen molar-refractivity contribution in [3.8, 4) is 0 Å². The van der Waals surface area contributed by atoms with Crippen molar-refractivity contribution < 1.29 is 9.59 Å². The summed E-state index contributed by atoms with van der Waals surface area (Å²) in [5, 5.41) is 6.04. The van der Waals surface area contributed by atoms with Crippen LogP contribution in [0.5, 0.6) is 0 Å². The molecule has 2 amide bonds. The third-order valence-corrected chi connectivity index (χ3v) is 3.50. The first-order valence-corrected chi connectivity index (χ1v) is 6.91. The molecule has 5 heteroatoms. The van der Waals surface area contributed by atoms with Crippen molar-refractivity contribution in [1.29, 1.82) is 0 Å². The van der Waals surface area contributed by atoms with Crippen molar-refractivity contribution in [2.24, 2.45) is 5.10 Å². The number of amides is 2. The maximum Gasteiger partial charge on any atom is 0.286 e. The van der Waals surface area contributed by atoms with Gasteiger partial charge in [0.15, 0.2) is 5.71 Å². The van der Waals surface area contributed by atoms with Crippen molar-refractivity contribution in [3.05, 3.63) is 60.2 Å². The van der Waals surface area contributed by atoms with Gasteiger partial charge >= 0.3 is 0 Å². The molecule has 2 aromatic carbocycles. The van der Waals surface area contributed by atoms with Gasteiger partial charge in [-0.1, -0.05) is 36.4 Å². The molecule has 0 N–H and O–H groups in total. The van der Waals surface area contributed by atoms with E-state index in [1.54, 1.807) is 30.3 Å². The molecule has 0 radical (unpaired) electrons. The number of fused-ring (bicyclic) bond motifs is 1. The summed E-state index contributed by atoms with van der Waals surface area (Å²) >= 11 is 0. The zero-order valence-corrected chi connectivity index (χ0v) is 12.4. The fraction of sp³-hybridized carbons (Fsp3) is 0.118. The van der Waals surface area contributed by atoms with Crippen LogP contribution in [-0.2, 0) is 9.59 Å². The number of carbonyl (C=O) groups excluding carboxylic acids is 2. The van der Waals surface area contributed by atoms with Gasteiger partial charge in [-0.25, -0.2) is 4.90 Å². The van der Waals surface area contributed by atoms with Crippen molar-refractivity contribution in [2.75, 3.05) is 17.0 Å². The van der Waals surface area contributed by atoms with Crippen LogP contribution in [0, 0.1) is 0 Å². The predicted octanol–water partition coefficient (Wildman–Crippen LogP) is 2.42. The Balaban J connectivity index is 2.06. The van der Waals surface area contributed by atoms with Gasteiger partial charge in [0.25, 0.3) is 5.91 Å². The molecule has 0 unspecified atom stereocenters. The van der Waals surface area contributed by atoms with E-state index in [1.165, 1.54) is 6.92 Å². The lowest BCUT2D eigenvalue weighted by Crippen LogP contribution is -2.34. The molecule has 0 spiro atoms. The summed E-state index contributed by atoms with van der Waals surface area (Å²) in [6, 6.07) is 16.7. The van der Waals surface area contributed by atoms with Gasteiger partial charge in [0.1, 0.15) is 0 Å². The number of para-hydroxylation sites is 2. The fourth-order valence-electron chi connectivity index (χ4n) is 2.46. The average molecular weight is 293 g/mol. The second-order valence-electron chi connectivity index (χ2n) is 4.98. The van der Waals surface area contributed by atoms with Gasteiger partial charge in [0, 0.05) is 19.5 Å². The highest BCUT2D eigenvalue weighted by molar-refractivity contribution is 6.58. The van der Waals surface area contributed by atoms with Crippen LogP contribution < -0.4 is 9.91 Å². The quantitative estimate of drug-likeness (QED) is 0.799. The van der Waals surface area contributed by atoms with Crippen molar-refractivity contribution in [1.82, 2.24) is 0 Å². The standard InChI is InChI=1S/C17H15N3O2/c1-12(21)20-15-11-7-6-10-14(15)16(17(20)22)18-19(2)13-8-4-3-5-9-13/h3-11H,1-2H3/b18-16-. The second-order valence-corrected chi connectivity index (χ2v) is 4.98. The number of hydrogen-bond acceptors (Lipinski definition) is 4. The molecule has 1 heterocycles. The molecule has 0 fully saturated rings. The molecule has 0 bridgehead atoms.